The third-order valence-electron chi connectivity index (χ3n) is 4.98. The van der Waals surface area contributed by atoms with E-state index < -0.39 is 0 Å². The highest BCUT2D eigenvalue weighted by atomic mass is 16.5. The minimum atomic E-state index is 0.457. The minimum absolute atomic E-state index is 0.457. The van der Waals surface area contributed by atoms with Gasteiger partial charge in [0.15, 0.2) is 5.82 Å². The van der Waals surface area contributed by atoms with Crippen molar-refractivity contribution in [3.05, 3.63) is 29.5 Å². The highest BCUT2D eigenvalue weighted by molar-refractivity contribution is 5.81. The van der Waals surface area contributed by atoms with Crippen LogP contribution in [-0.2, 0) is 0 Å². The van der Waals surface area contributed by atoms with Gasteiger partial charge in [-0.05, 0) is 50.2 Å². The molecular weight excluding hydrogens is 264 g/mol. The van der Waals surface area contributed by atoms with Crippen molar-refractivity contribution in [2.45, 2.75) is 32.1 Å². The second-order valence-corrected chi connectivity index (χ2v) is 6.43. The van der Waals surface area contributed by atoms with Crippen LogP contribution in [0.25, 0.3) is 11.1 Å². The summed E-state index contributed by atoms with van der Waals surface area (Å²) >= 11 is 0. The lowest BCUT2D eigenvalue weighted by Crippen LogP contribution is -1.99. The van der Waals surface area contributed by atoms with Gasteiger partial charge in [-0.1, -0.05) is 16.8 Å². The molecule has 0 spiro atoms. The standard InChI is InChI=1S/C17H20N2O2/c1-9-3-4-14(20-2)13(5-9)15-16(21-19-17(15)18)12-7-10-6-11(10)8-12/h3-5,10-12H,6-8H2,1-2H3,(H2,18,19). The Kier molecular flexibility index (Phi) is 2.74. The Morgan fingerprint density at radius 3 is 2.71 bits per heavy atom. The Balaban J connectivity index is 1.81. The number of aromatic nitrogens is 1. The number of nitrogens with two attached hydrogens (primary N) is 1. The lowest BCUT2D eigenvalue weighted by atomic mass is 9.93. The van der Waals surface area contributed by atoms with E-state index in [1.165, 1.54) is 24.8 Å². The zero-order chi connectivity index (χ0) is 14.6. The van der Waals surface area contributed by atoms with Crippen LogP contribution in [0.1, 0.15) is 36.5 Å². The lowest BCUT2D eigenvalue weighted by Gasteiger charge is -2.13. The topological polar surface area (TPSA) is 61.3 Å². The number of hydrogen-bond donors (Lipinski definition) is 1. The van der Waals surface area contributed by atoms with Crippen LogP contribution in [-0.4, -0.2) is 12.3 Å². The van der Waals surface area contributed by atoms with E-state index in [0.29, 0.717) is 11.7 Å². The van der Waals surface area contributed by atoms with E-state index >= 15 is 0 Å². The fraction of sp³-hybridized carbons (Fsp3) is 0.471. The van der Waals surface area contributed by atoms with E-state index in [9.17, 15) is 0 Å². The van der Waals surface area contributed by atoms with Crippen molar-refractivity contribution in [2.24, 2.45) is 11.8 Å². The van der Waals surface area contributed by atoms with Crippen LogP contribution >= 0.6 is 0 Å². The molecule has 1 aromatic carbocycles. The normalized spacial score (nSPS) is 26.7. The molecule has 0 amide bonds. The van der Waals surface area contributed by atoms with Crippen LogP contribution in [0.2, 0.25) is 0 Å². The molecule has 1 aromatic heterocycles. The molecule has 4 heteroatoms. The molecule has 21 heavy (non-hydrogen) atoms. The molecule has 2 aliphatic rings. The molecule has 2 atom stereocenters. The van der Waals surface area contributed by atoms with Gasteiger partial charge in [-0.2, -0.15) is 0 Å². The van der Waals surface area contributed by atoms with Gasteiger partial charge in [0.25, 0.3) is 0 Å². The molecule has 0 bridgehead atoms. The molecule has 0 saturated heterocycles. The molecule has 2 aliphatic carbocycles. The third-order valence-corrected chi connectivity index (χ3v) is 4.98. The van der Waals surface area contributed by atoms with Crippen LogP contribution in [0, 0.1) is 18.8 Å². The molecule has 1 heterocycles. The van der Waals surface area contributed by atoms with Gasteiger partial charge in [0, 0.05) is 11.5 Å². The maximum atomic E-state index is 6.10. The summed E-state index contributed by atoms with van der Waals surface area (Å²) in [6.45, 7) is 2.07. The van der Waals surface area contributed by atoms with E-state index in [1.807, 2.05) is 12.1 Å². The molecule has 2 aromatic rings. The van der Waals surface area contributed by atoms with Gasteiger partial charge in [-0.3, -0.25) is 0 Å². The van der Waals surface area contributed by atoms with Crippen molar-refractivity contribution in [2.75, 3.05) is 12.8 Å². The summed E-state index contributed by atoms with van der Waals surface area (Å²) in [5.74, 6) is 4.49. The lowest BCUT2D eigenvalue weighted by molar-refractivity contribution is 0.355. The summed E-state index contributed by atoms with van der Waals surface area (Å²) in [6.07, 6.45) is 3.81. The summed E-state index contributed by atoms with van der Waals surface area (Å²) in [5, 5.41) is 4.03. The fourth-order valence-electron chi connectivity index (χ4n) is 3.81. The zero-order valence-electron chi connectivity index (χ0n) is 12.4. The summed E-state index contributed by atoms with van der Waals surface area (Å²) in [5.41, 5.74) is 9.20. The van der Waals surface area contributed by atoms with Crippen molar-refractivity contribution in [1.82, 2.24) is 5.16 Å². The van der Waals surface area contributed by atoms with E-state index in [2.05, 4.69) is 18.1 Å². The number of fused-ring (bicyclic) bond motifs is 1. The smallest absolute Gasteiger partial charge is 0.175 e. The fourth-order valence-corrected chi connectivity index (χ4v) is 3.81. The van der Waals surface area contributed by atoms with Gasteiger partial charge in [0.05, 0.1) is 12.7 Å². The SMILES string of the molecule is COc1ccc(C)cc1-c1c(N)noc1C1CC2CC2C1. The van der Waals surface area contributed by atoms with Crippen molar-refractivity contribution in [1.29, 1.82) is 0 Å². The number of nitrogens with zero attached hydrogens (tertiary/aromatic N) is 1. The van der Waals surface area contributed by atoms with Crippen LogP contribution in [0.5, 0.6) is 5.75 Å². The molecule has 2 N–H and O–H groups in total. The van der Waals surface area contributed by atoms with Gasteiger partial charge in [0.2, 0.25) is 0 Å². The van der Waals surface area contributed by atoms with Gasteiger partial charge in [0.1, 0.15) is 11.5 Å². The van der Waals surface area contributed by atoms with Crippen LogP contribution in [0.15, 0.2) is 22.7 Å². The van der Waals surface area contributed by atoms with E-state index in [0.717, 1.165) is 34.5 Å². The van der Waals surface area contributed by atoms with Crippen molar-refractivity contribution in [3.63, 3.8) is 0 Å². The largest absolute Gasteiger partial charge is 0.496 e. The molecule has 4 nitrogen and oxygen atoms in total. The first kappa shape index (κ1) is 12.7. The van der Waals surface area contributed by atoms with E-state index in [4.69, 9.17) is 15.0 Å². The number of rotatable bonds is 3. The average molecular weight is 284 g/mol. The molecule has 0 radical (unpaired) electrons. The Morgan fingerprint density at radius 1 is 1.24 bits per heavy atom. The minimum Gasteiger partial charge on any atom is -0.496 e. The maximum Gasteiger partial charge on any atom is 0.175 e. The zero-order valence-corrected chi connectivity index (χ0v) is 12.4. The molecule has 2 fully saturated rings. The molecule has 110 valence electrons. The number of benzene rings is 1. The predicted octanol–water partition coefficient (Wildman–Crippen LogP) is 3.75. The Hall–Kier alpha value is -1.97. The van der Waals surface area contributed by atoms with Gasteiger partial charge < -0.3 is 15.0 Å². The van der Waals surface area contributed by atoms with E-state index in [-0.39, 0.29) is 0 Å². The number of hydrogen-bond acceptors (Lipinski definition) is 4. The molecule has 0 aliphatic heterocycles. The highest BCUT2D eigenvalue weighted by Gasteiger charge is 2.48. The average Bonchev–Trinajstić information content (AvgIpc) is 2.92. The second kappa shape index (κ2) is 4.52. The number of aryl methyl sites for hydroxylation is 1. The summed E-state index contributed by atoms with van der Waals surface area (Å²) < 4.78 is 11.1. The number of ether oxygens (including phenoxy) is 1. The number of anilines is 1. The Morgan fingerprint density at radius 2 is 2.00 bits per heavy atom. The van der Waals surface area contributed by atoms with Crippen LogP contribution in [0.4, 0.5) is 5.82 Å². The maximum absolute atomic E-state index is 6.10. The first-order valence-electron chi connectivity index (χ1n) is 7.57. The highest BCUT2D eigenvalue weighted by Crippen LogP contribution is 2.59. The van der Waals surface area contributed by atoms with Gasteiger partial charge in [-0.25, -0.2) is 0 Å². The van der Waals surface area contributed by atoms with Crippen molar-refractivity contribution >= 4 is 5.82 Å². The summed E-state index contributed by atoms with van der Waals surface area (Å²) in [7, 11) is 1.68. The molecular formula is C17H20N2O2. The van der Waals surface area contributed by atoms with Crippen molar-refractivity contribution in [3.8, 4) is 16.9 Å². The third kappa shape index (κ3) is 2.01. The quantitative estimate of drug-likeness (QED) is 0.932. The monoisotopic (exact) mass is 284 g/mol. The number of methoxy groups -OCH3 is 1. The van der Waals surface area contributed by atoms with Crippen LogP contribution < -0.4 is 10.5 Å². The van der Waals surface area contributed by atoms with Gasteiger partial charge in [-0.15, -0.1) is 0 Å². The summed E-state index contributed by atoms with van der Waals surface area (Å²) in [6, 6.07) is 6.12. The second-order valence-electron chi connectivity index (χ2n) is 6.43. The molecule has 2 unspecified atom stereocenters. The first-order valence-corrected chi connectivity index (χ1v) is 7.57. The predicted molar refractivity (Wildman–Crippen MR) is 81.2 cm³/mol. The van der Waals surface area contributed by atoms with Crippen LogP contribution in [0.3, 0.4) is 0 Å². The molecule has 4 rings (SSSR count). The Bertz CT molecular complexity index is 682. The number of nitrogen functional groups attached to an aromatic ring is 1. The molecule has 2 saturated carbocycles. The first-order chi connectivity index (χ1) is 10.2. The van der Waals surface area contributed by atoms with E-state index in [1.54, 1.807) is 7.11 Å². The summed E-state index contributed by atoms with van der Waals surface area (Å²) in [4.78, 5) is 0. The van der Waals surface area contributed by atoms with Gasteiger partial charge >= 0.3 is 0 Å². The Labute approximate surface area is 124 Å². The van der Waals surface area contributed by atoms with Crippen molar-refractivity contribution < 1.29 is 9.26 Å².